The number of hydrogen-bond acceptors (Lipinski definition) is 7. The Hall–Kier alpha value is -3.86. The molecule has 4 heterocycles. The van der Waals surface area contributed by atoms with Gasteiger partial charge in [0, 0.05) is 36.4 Å². The summed E-state index contributed by atoms with van der Waals surface area (Å²) in [5.74, 6) is 0.621. The minimum Gasteiger partial charge on any atom is -0.480 e. The third kappa shape index (κ3) is 4.30. The molecule has 12 heteroatoms. The Bertz CT molecular complexity index is 1370. The molecular formula is C26H29ClN6O5. The average Bonchev–Trinajstić information content (AvgIpc) is 3.44. The Morgan fingerprint density at radius 1 is 1.11 bits per heavy atom. The summed E-state index contributed by atoms with van der Waals surface area (Å²) in [7, 11) is 2.98. The molecule has 5 rings (SSSR count). The van der Waals surface area contributed by atoms with Crippen LogP contribution in [-0.2, 0) is 0 Å². The maximum atomic E-state index is 14.0. The summed E-state index contributed by atoms with van der Waals surface area (Å²) in [6, 6.07) is 6.98. The monoisotopic (exact) mass is 540 g/mol. The maximum absolute atomic E-state index is 14.0. The number of fused-ring (bicyclic) bond motifs is 1. The quantitative estimate of drug-likeness (QED) is 0.491. The zero-order valence-corrected chi connectivity index (χ0v) is 22.3. The van der Waals surface area contributed by atoms with Crippen LogP contribution in [0.4, 0.5) is 4.79 Å². The Balaban J connectivity index is 1.66. The van der Waals surface area contributed by atoms with Gasteiger partial charge in [0.2, 0.25) is 5.88 Å². The lowest BCUT2D eigenvalue weighted by atomic mass is 9.98. The number of nitrogens with zero attached hydrogens (tertiary/aromatic N) is 6. The largest absolute Gasteiger partial charge is 0.480 e. The molecule has 0 radical (unpaired) electrons. The van der Waals surface area contributed by atoms with Crippen LogP contribution in [0.25, 0.3) is 11.4 Å². The van der Waals surface area contributed by atoms with E-state index in [0.717, 1.165) is 11.3 Å². The third-order valence-corrected chi connectivity index (χ3v) is 7.35. The number of benzene rings is 1. The molecule has 11 nitrogen and oxygen atoms in total. The van der Waals surface area contributed by atoms with E-state index in [9.17, 15) is 14.7 Å². The molecule has 2 aromatic heterocycles. The van der Waals surface area contributed by atoms with Crippen LogP contribution in [0.15, 0.2) is 30.5 Å². The predicted octanol–water partition coefficient (Wildman–Crippen LogP) is 4.28. The van der Waals surface area contributed by atoms with Crippen molar-refractivity contribution in [2.75, 3.05) is 27.3 Å². The number of imidazole rings is 1. The third-order valence-electron chi connectivity index (χ3n) is 7.10. The number of rotatable bonds is 6. The molecule has 200 valence electrons. The van der Waals surface area contributed by atoms with E-state index < -0.39 is 12.1 Å². The molecule has 2 aliphatic rings. The molecule has 0 spiro atoms. The first kappa shape index (κ1) is 25.8. The fourth-order valence-electron chi connectivity index (χ4n) is 5.38. The first-order chi connectivity index (χ1) is 18.2. The zero-order chi connectivity index (χ0) is 27.1. The fraction of sp³-hybridized carbons (Fsp3) is 0.423. The van der Waals surface area contributed by atoms with Gasteiger partial charge >= 0.3 is 12.1 Å². The summed E-state index contributed by atoms with van der Waals surface area (Å²) < 4.78 is 12.7. The summed E-state index contributed by atoms with van der Waals surface area (Å²) in [4.78, 5) is 42.2. The highest BCUT2D eigenvalue weighted by Crippen LogP contribution is 2.45. The van der Waals surface area contributed by atoms with Gasteiger partial charge in [-0.1, -0.05) is 23.7 Å². The van der Waals surface area contributed by atoms with Gasteiger partial charge in [0.25, 0.3) is 5.91 Å². The van der Waals surface area contributed by atoms with E-state index in [0.29, 0.717) is 48.0 Å². The molecule has 0 bridgehead atoms. The van der Waals surface area contributed by atoms with Gasteiger partial charge in [-0.2, -0.15) is 4.98 Å². The normalized spacial score (nSPS) is 17.7. The first-order valence-corrected chi connectivity index (χ1v) is 12.8. The molecule has 2 amide bonds. The van der Waals surface area contributed by atoms with Crippen molar-refractivity contribution in [3.8, 4) is 23.3 Å². The van der Waals surface area contributed by atoms with Crippen LogP contribution in [-0.4, -0.2) is 79.8 Å². The van der Waals surface area contributed by atoms with Crippen LogP contribution in [0, 0.1) is 0 Å². The Morgan fingerprint density at radius 3 is 2.37 bits per heavy atom. The second-order valence-corrected chi connectivity index (χ2v) is 10.0. The molecule has 1 aromatic carbocycles. The van der Waals surface area contributed by atoms with Crippen LogP contribution >= 0.6 is 11.6 Å². The number of piperidine rings is 1. The molecule has 1 saturated heterocycles. The highest BCUT2D eigenvalue weighted by molar-refractivity contribution is 6.30. The molecule has 1 N–H and O–H groups in total. The van der Waals surface area contributed by atoms with Gasteiger partial charge in [-0.3, -0.25) is 4.79 Å². The van der Waals surface area contributed by atoms with Crippen molar-refractivity contribution >= 4 is 23.6 Å². The summed E-state index contributed by atoms with van der Waals surface area (Å²) in [6.45, 7) is 4.79. The molecule has 3 aromatic rings. The minimum atomic E-state index is -0.943. The van der Waals surface area contributed by atoms with Crippen molar-refractivity contribution in [3.63, 3.8) is 0 Å². The number of methoxy groups -OCH3 is 2. The number of carboxylic acid groups (broad SMARTS) is 1. The zero-order valence-electron chi connectivity index (χ0n) is 21.6. The number of aromatic nitrogens is 4. The highest BCUT2D eigenvalue weighted by atomic mass is 35.5. The number of amides is 2. The lowest BCUT2D eigenvalue weighted by Gasteiger charge is -2.39. The number of hydrogen-bond donors (Lipinski definition) is 1. The smallest absolute Gasteiger partial charge is 0.407 e. The van der Waals surface area contributed by atoms with E-state index in [2.05, 4.69) is 9.97 Å². The number of halogens is 1. The standard InChI is InChI=1S/C26H29ClN6O5/c1-14(2)32-21-19(29-22(32)18-13-28-25(38-4)30-23(18)37-3)24(34)33(17-9-11-31(12-10-17)26(35)36)20(21)15-5-7-16(27)8-6-15/h5-8,13-14,17,20H,9-12H2,1-4H3,(H,35,36). The van der Waals surface area contributed by atoms with Gasteiger partial charge in [0.15, 0.2) is 5.69 Å². The number of carbonyl (C=O) groups excluding carboxylic acids is 1. The number of carbonyl (C=O) groups is 2. The number of likely N-dealkylation sites (tertiary alicyclic amines) is 1. The van der Waals surface area contributed by atoms with Crippen molar-refractivity contribution in [3.05, 3.63) is 52.4 Å². The van der Waals surface area contributed by atoms with Crippen LogP contribution in [0.5, 0.6) is 11.9 Å². The SMILES string of the molecule is COc1ncc(-c2nc3c(n2C(C)C)C(c2ccc(Cl)cc2)N(C2CCN(C(=O)O)CC2)C3=O)c(OC)n1. The molecule has 1 fully saturated rings. The lowest BCUT2D eigenvalue weighted by molar-refractivity contribution is 0.0534. The van der Waals surface area contributed by atoms with E-state index in [1.165, 1.54) is 19.1 Å². The summed E-state index contributed by atoms with van der Waals surface area (Å²) >= 11 is 6.20. The maximum Gasteiger partial charge on any atom is 0.407 e. The minimum absolute atomic E-state index is 0.0653. The van der Waals surface area contributed by atoms with Gasteiger partial charge in [0.1, 0.15) is 11.9 Å². The Morgan fingerprint density at radius 2 is 1.79 bits per heavy atom. The van der Waals surface area contributed by atoms with Gasteiger partial charge in [-0.25, -0.2) is 14.8 Å². The van der Waals surface area contributed by atoms with E-state index in [4.69, 9.17) is 26.1 Å². The molecule has 0 saturated carbocycles. The second-order valence-electron chi connectivity index (χ2n) is 9.58. The number of ether oxygens (including phenoxy) is 2. The highest BCUT2D eigenvalue weighted by Gasteiger charge is 2.47. The topological polar surface area (TPSA) is 123 Å². The van der Waals surface area contributed by atoms with Crippen molar-refractivity contribution in [1.82, 2.24) is 29.3 Å². The molecule has 38 heavy (non-hydrogen) atoms. The fourth-order valence-corrected chi connectivity index (χ4v) is 5.51. The Labute approximate surface area is 225 Å². The van der Waals surface area contributed by atoms with Crippen molar-refractivity contribution in [2.45, 2.75) is 44.8 Å². The summed E-state index contributed by atoms with van der Waals surface area (Å²) in [6.07, 6.45) is 1.73. The van der Waals surface area contributed by atoms with Crippen molar-refractivity contribution in [1.29, 1.82) is 0 Å². The van der Waals surface area contributed by atoms with Crippen LogP contribution < -0.4 is 9.47 Å². The Kier molecular flexibility index (Phi) is 6.87. The molecule has 1 unspecified atom stereocenters. The second kappa shape index (κ2) is 10.1. The summed E-state index contributed by atoms with van der Waals surface area (Å²) in [5, 5.41) is 10.0. The summed E-state index contributed by atoms with van der Waals surface area (Å²) in [5.41, 5.74) is 2.56. The van der Waals surface area contributed by atoms with Gasteiger partial charge < -0.3 is 28.9 Å². The van der Waals surface area contributed by atoms with E-state index >= 15 is 0 Å². The van der Waals surface area contributed by atoms with Crippen molar-refractivity contribution in [2.24, 2.45) is 0 Å². The molecular weight excluding hydrogens is 512 g/mol. The van der Waals surface area contributed by atoms with Crippen LogP contribution in [0.2, 0.25) is 5.02 Å². The van der Waals surface area contributed by atoms with Gasteiger partial charge in [0.05, 0.1) is 25.5 Å². The average molecular weight is 541 g/mol. The van der Waals surface area contributed by atoms with Gasteiger partial charge in [-0.05, 0) is 44.4 Å². The molecule has 0 aliphatic carbocycles. The van der Waals surface area contributed by atoms with Crippen molar-refractivity contribution < 1.29 is 24.2 Å². The van der Waals surface area contributed by atoms with E-state index in [1.807, 2.05) is 47.6 Å². The van der Waals surface area contributed by atoms with E-state index in [-0.39, 0.29) is 29.9 Å². The predicted molar refractivity (Wildman–Crippen MR) is 139 cm³/mol. The molecule has 2 aliphatic heterocycles. The lowest BCUT2D eigenvalue weighted by Crippen LogP contribution is -2.48. The van der Waals surface area contributed by atoms with Crippen LogP contribution in [0.3, 0.4) is 0 Å². The van der Waals surface area contributed by atoms with Crippen LogP contribution in [0.1, 0.15) is 60.5 Å². The van der Waals surface area contributed by atoms with E-state index in [1.54, 1.807) is 6.20 Å². The van der Waals surface area contributed by atoms with Gasteiger partial charge in [-0.15, -0.1) is 0 Å². The molecule has 1 atom stereocenters. The first-order valence-electron chi connectivity index (χ1n) is 12.4.